The molecule has 3 N–H and O–H groups in total. The average Bonchev–Trinajstić information content (AvgIpc) is 2.57. The number of urea groups is 1. The van der Waals surface area contributed by atoms with Crippen LogP contribution in [0.3, 0.4) is 0 Å². The first-order valence-electron chi connectivity index (χ1n) is 8.99. The van der Waals surface area contributed by atoms with Crippen LogP contribution < -0.4 is 15.8 Å². The minimum Gasteiger partial charge on any atom is -0.490 e. The number of nitrogens with zero attached hydrogens (tertiary/aromatic N) is 1. The molecule has 3 amide bonds. The summed E-state index contributed by atoms with van der Waals surface area (Å²) in [5.74, 6) is 0.831. The lowest BCUT2D eigenvalue weighted by Gasteiger charge is -2.34. The fourth-order valence-corrected chi connectivity index (χ4v) is 3.11. The Hall–Kier alpha value is -2.24. The topological polar surface area (TPSA) is 84.7 Å². The maximum absolute atomic E-state index is 12.6. The van der Waals surface area contributed by atoms with Gasteiger partial charge < -0.3 is 20.7 Å². The van der Waals surface area contributed by atoms with Crippen LogP contribution >= 0.6 is 0 Å². The highest BCUT2D eigenvalue weighted by atomic mass is 16.5. The summed E-state index contributed by atoms with van der Waals surface area (Å²) in [6.07, 6.45) is 3.09. The smallest absolute Gasteiger partial charge is 0.312 e. The Bertz CT molecular complexity index is 610. The molecule has 25 heavy (non-hydrogen) atoms. The molecule has 2 rings (SSSR count). The monoisotopic (exact) mass is 347 g/mol. The van der Waals surface area contributed by atoms with Crippen molar-refractivity contribution < 1.29 is 14.3 Å². The Morgan fingerprint density at radius 2 is 1.96 bits per heavy atom. The predicted molar refractivity (Wildman–Crippen MR) is 97.6 cm³/mol. The molecule has 1 aromatic rings. The third-order valence-electron chi connectivity index (χ3n) is 4.73. The first-order chi connectivity index (χ1) is 11.9. The maximum Gasteiger partial charge on any atom is 0.312 e. The van der Waals surface area contributed by atoms with Gasteiger partial charge in [-0.25, -0.2) is 4.79 Å². The van der Waals surface area contributed by atoms with Gasteiger partial charge in [0.1, 0.15) is 17.9 Å². The summed E-state index contributed by atoms with van der Waals surface area (Å²) in [6, 6.07) is 4.93. The van der Waals surface area contributed by atoms with Gasteiger partial charge in [-0.3, -0.25) is 4.79 Å². The number of likely N-dealkylation sites (tertiary alicyclic amines) is 1. The molecule has 0 aromatic heterocycles. The van der Waals surface area contributed by atoms with Crippen molar-refractivity contribution in [3.8, 4) is 5.75 Å². The summed E-state index contributed by atoms with van der Waals surface area (Å²) in [7, 11) is 0. The molecule has 6 heteroatoms. The van der Waals surface area contributed by atoms with E-state index in [0.29, 0.717) is 19.5 Å². The molecule has 138 valence electrons. The summed E-state index contributed by atoms with van der Waals surface area (Å²) in [5.41, 5.74) is 7.64. The molecule has 1 aliphatic heterocycles. The Balaban J connectivity index is 1.88. The van der Waals surface area contributed by atoms with Crippen molar-refractivity contribution in [1.82, 2.24) is 10.2 Å². The summed E-state index contributed by atoms with van der Waals surface area (Å²) in [6.45, 7) is 7.40. The number of nitrogens with one attached hydrogen (secondary N) is 1. The number of primary amides is 1. The van der Waals surface area contributed by atoms with Gasteiger partial charge in [0, 0.05) is 25.9 Å². The number of carbonyl (C=O) groups excluding carboxylic acids is 2. The highest BCUT2D eigenvalue weighted by Gasteiger charge is 2.29. The van der Waals surface area contributed by atoms with Crippen molar-refractivity contribution in [2.75, 3.05) is 13.1 Å². The van der Waals surface area contributed by atoms with Crippen molar-refractivity contribution in [3.05, 3.63) is 29.3 Å². The van der Waals surface area contributed by atoms with E-state index in [4.69, 9.17) is 10.5 Å². The summed E-state index contributed by atoms with van der Waals surface area (Å²) in [4.78, 5) is 25.5. The third-order valence-corrected chi connectivity index (χ3v) is 4.73. The maximum atomic E-state index is 12.6. The van der Waals surface area contributed by atoms with Crippen LogP contribution in [-0.2, 0) is 4.79 Å². The van der Waals surface area contributed by atoms with E-state index in [1.54, 1.807) is 4.90 Å². The number of ether oxygens (including phenoxy) is 1. The van der Waals surface area contributed by atoms with Crippen LogP contribution in [0.25, 0.3) is 0 Å². The van der Waals surface area contributed by atoms with Crippen LogP contribution in [-0.4, -0.2) is 42.1 Å². The predicted octanol–water partition coefficient (Wildman–Crippen LogP) is 2.51. The van der Waals surface area contributed by atoms with Crippen LogP contribution in [0.15, 0.2) is 18.2 Å². The molecule has 0 radical (unpaired) electrons. The van der Waals surface area contributed by atoms with E-state index in [-0.39, 0.29) is 12.0 Å². The van der Waals surface area contributed by atoms with Gasteiger partial charge in [-0.2, -0.15) is 0 Å². The second kappa shape index (κ2) is 8.74. The standard InChI is InChI=1S/C19H29N3O3/c1-4-5-17(21-19(20)24)18(23)22-10-8-15(9-11-22)25-16-7-6-13(2)14(3)12-16/h6-7,12,15,17H,4-5,8-11H2,1-3H3,(H3,20,21,24)/t17-/m0/s1. The molecule has 0 bridgehead atoms. The minimum absolute atomic E-state index is 0.0507. The van der Waals surface area contributed by atoms with E-state index in [2.05, 4.69) is 31.3 Å². The van der Waals surface area contributed by atoms with Gasteiger partial charge in [-0.1, -0.05) is 19.4 Å². The Morgan fingerprint density at radius 3 is 2.52 bits per heavy atom. The summed E-state index contributed by atoms with van der Waals surface area (Å²) < 4.78 is 6.06. The molecule has 0 unspecified atom stereocenters. The molecule has 0 spiro atoms. The van der Waals surface area contributed by atoms with Gasteiger partial charge in [0.2, 0.25) is 5.91 Å². The number of amides is 3. The van der Waals surface area contributed by atoms with Gasteiger partial charge in [0.15, 0.2) is 0 Å². The summed E-state index contributed by atoms with van der Waals surface area (Å²) in [5, 5.41) is 2.56. The zero-order chi connectivity index (χ0) is 18.4. The molecule has 1 fully saturated rings. The van der Waals surface area contributed by atoms with Crippen molar-refractivity contribution in [2.24, 2.45) is 5.73 Å². The number of carbonyl (C=O) groups is 2. The highest BCUT2D eigenvalue weighted by molar-refractivity contribution is 5.86. The number of piperidine rings is 1. The van der Waals surface area contributed by atoms with Gasteiger partial charge in [0.25, 0.3) is 0 Å². The lowest BCUT2D eigenvalue weighted by molar-refractivity contribution is -0.135. The number of rotatable bonds is 6. The zero-order valence-electron chi connectivity index (χ0n) is 15.4. The number of hydrogen-bond donors (Lipinski definition) is 2. The van der Waals surface area contributed by atoms with Crippen molar-refractivity contribution >= 4 is 11.9 Å². The first kappa shape index (κ1) is 19.1. The lowest BCUT2D eigenvalue weighted by atomic mass is 10.0. The zero-order valence-corrected chi connectivity index (χ0v) is 15.4. The lowest BCUT2D eigenvalue weighted by Crippen LogP contribution is -2.52. The molecule has 1 aromatic carbocycles. The molecule has 0 aliphatic carbocycles. The van der Waals surface area contributed by atoms with Crippen LogP contribution in [0.1, 0.15) is 43.7 Å². The van der Waals surface area contributed by atoms with Crippen LogP contribution in [0.5, 0.6) is 5.75 Å². The Morgan fingerprint density at radius 1 is 1.28 bits per heavy atom. The molecule has 0 saturated carbocycles. The molecule has 6 nitrogen and oxygen atoms in total. The van der Waals surface area contributed by atoms with E-state index in [0.717, 1.165) is 25.0 Å². The third kappa shape index (κ3) is 5.37. The van der Waals surface area contributed by atoms with E-state index in [1.165, 1.54) is 11.1 Å². The van der Waals surface area contributed by atoms with Crippen LogP contribution in [0.2, 0.25) is 0 Å². The van der Waals surface area contributed by atoms with Gasteiger partial charge >= 0.3 is 6.03 Å². The van der Waals surface area contributed by atoms with Crippen LogP contribution in [0.4, 0.5) is 4.79 Å². The Labute approximate surface area is 149 Å². The average molecular weight is 347 g/mol. The number of benzene rings is 1. The highest BCUT2D eigenvalue weighted by Crippen LogP contribution is 2.22. The SMILES string of the molecule is CCC[C@H](NC(N)=O)C(=O)N1CCC(Oc2ccc(C)c(C)c2)CC1. The fourth-order valence-electron chi connectivity index (χ4n) is 3.11. The molecule has 1 heterocycles. The van der Waals surface area contributed by atoms with E-state index >= 15 is 0 Å². The van der Waals surface area contributed by atoms with E-state index in [9.17, 15) is 9.59 Å². The molecule has 1 saturated heterocycles. The second-order valence-corrected chi connectivity index (χ2v) is 6.74. The molecular formula is C19H29N3O3. The number of nitrogens with two attached hydrogens (primary N) is 1. The van der Waals surface area contributed by atoms with E-state index < -0.39 is 12.1 Å². The minimum atomic E-state index is -0.653. The number of aryl methyl sites for hydroxylation is 2. The molecule has 1 aliphatic rings. The fraction of sp³-hybridized carbons (Fsp3) is 0.579. The largest absolute Gasteiger partial charge is 0.490 e. The normalized spacial score (nSPS) is 16.4. The van der Waals surface area contributed by atoms with Crippen molar-refractivity contribution in [1.29, 1.82) is 0 Å². The molecule has 1 atom stereocenters. The van der Waals surface area contributed by atoms with Crippen molar-refractivity contribution in [3.63, 3.8) is 0 Å². The number of hydrogen-bond acceptors (Lipinski definition) is 3. The summed E-state index contributed by atoms with van der Waals surface area (Å²) >= 11 is 0. The second-order valence-electron chi connectivity index (χ2n) is 6.74. The Kier molecular flexibility index (Phi) is 6.67. The quantitative estimate of drug-likeness (QED) is 0.829. The molecular weight excluding hydrogens is 318 g/mol. The van der Waals surface area contributed by atoms with Crippen LogP contribution in [0, 0.1) is 13.8 Å². The van der Waals surface area contributed by atoms with Crippen molar-refractivity contribution in [2.45, 2.75) is 58.6 Å². The van der Waals surface area contributed by atoms with Gasteiger partial charge in [-0.15, -0.1) is 0 Å². The van der Waals surface area contributed by atoms with Gasteiger partial charge in [-0.05, 0) is 43.5 Å². The van der Waals surface area contributed by atoms with E-state index in [1.807, 2.05) is 13.0 Å². The first-order valence-corrected chi connectivity index (χ1v) is 8.99. The van der Waals surface area contributed by atoms with Gasteiger partial charge in [0.05, 0.1) is 0 Å².